The van der Waals surface area contributed by atoms with Crippen LogP contribution in [0.25, 0.3) is 0 Å². The zero-order chi connectivity index (χ0) is 18.3. The lowest BCUT2D eigenvalue weighted by Crippen LogP contribution is -2.65. The predicted octanol–water partition coefficient (Wildman–Crippen LogP) is 3.44. The van der Waals surface area contributed by atoms with Crippen LogP contribution >= 0.6 is 15.2 Å². The summed E-state index contributed by atoms with van der Waals surface area (Å²) in [6.07, 6.45) is 0. The molecule has 8 heteroatoms. The molecule has 0 aromatic heterocycles. The van der Waals surface area contributed by atoms with Crippen LogP contribution < -0.4 is 0 Å². The van der Waals surface area contributed by atoms with Gasteiger partial charge in [0.2, 0.25) is 0 Å². The maximum absolute atomic E-state index is 12.6. The maximum Gasteiger partial charge on any atom is 0.333 e. The van der Waals surface area contributed by atoms with Crippen LogP contribution in [0.5, 0.6) is 0 Å². The minimum Gasteiger partial charge on any atom is -0.324 e. The highest BCUT2D eigenvalue weighted by molar-refractivity contribution is 7.58. The van der Waals surface area contributed by atoms with Gasteiger partial charge in [-0.2, -0.15) is 0 Å². The smallest absolute Gasteiger partial charge is 0.324 e. The van der Waals surface area contributed by atoms with Crippen LogP contribution in [0.15, 0.2) is 0 Å². The molecule has 0 aromatic rings. The highest BCUT2D eigenvalue weighted by Crippen LogP contribution is 2.76. The van der Waals surface area contributed by atoms with Crippen LogP contribution in [0.2, 0.25) is 0 Å². The van der Waals surface area contributed by atoms with E-state index in [1.165, 1.54) is 0 Å². The number of hydrogen-bond acceptors (Lipinski definition) is 2. The van der Waals surface area contributed by atoms with E-state index in [4.69, 9.17) is 0 Å². The Hall–Kier alpha value is 0.300. The van der Waals surface area contributed by atoms with E-state index in [0.717, 1.165) is 0 Å². The van der Waals surface area contributed by atoms with Gasteiger partial charge in [-0.15, -0.1) is 0 Å². The van der Waals surface area contributed by atoms with E-state index in [1.807, 2.05) is 0 Å². The molecule has 0 aliphatic heterocycles. The Bertz CT molecular complexity index is 412. The summed E-state index contributed by atoms with van der Waals surface area (Å²) in [6.45, 7) is 13.1. The van der Waals surface area contributed by atoms with Crippen LogP contribution in [-0.2, 0) is 9.13 Å². The zero-order valence-electron chi connectivity index (χ0n) is 14.8. The third kappa shape index (κ3) is 2.87. The Morgan fingerprint density at radius 3 is 0.727 bits per heavy atom. The lowest BCUT2D eigenvalue weighted by atomic mass is 9.65. The molecular formula is C14H32O6P2. The SMILES string of the molecule is CC(C)C(C(C)C)(C(C(C)C)(C(C)C)P(=O)(O)O)P(=O)(O)O. The first-order valence-electron chi connectivity index (χ1n) is 7.64. The third-order valence-corrected chi connectivity index (χ3v) is 10.0. The third-order valence-electron chi connectivity index (χ3n) is 5.13. The van der Waals surface area contributed by atoms with Crippen molar-refractivity contribution < 1.29 is 28.7 Å². The molecule has 0 amide bonds. The minimum atomic E-state index is -4.84. The summed E-state index contributed by atoms with van der Waals surface area (Å²) in [4.78, 5) is 40.9. The lowest BCUT2D eigenvalue weighted by molar-refractivity contribution is 0.0964. The minimum absolute atomic E-state index is 0.606. The first kappa shape index (κ1) is 22.3. The van der Waals surface area contributed by atoms with E-state index in [9.17, 15) is 28.7 Å². The first-order valence-corrected chi connectivity index (χ1v) is 10.9. The second-order valence-corrected chi connectivity index (χ2v) is 11.0. The Kier molecular flexibility index (Phi) is 6.75. The standard InChI is InChI=1S/C14H32O6P2/c1-9(2)13(10(3)4,21(15,16)17)14(11(5)6,12(7)8)22(18,19)20/h9-12H,1-8H3,(H2,15,16,17)(H2,18,19,20). The summed E-state index contributed by atoms with van der Waals surface area (Å²) in [7, 11) is -9.67. The van der Waals surface area contributed by atoms with Crippen LogP contribution in [0.1, 0.15) is 55.4 Å². The normalized spacial score (nSPS) is 15.5. The number of rotatable bonds is 7. The molecule has 22 heavy (non-hydrogen) atoms. The van der Waals surface area contributed by atoms with Crippen molar-refractivity contribution in [2.75, 3.05) is 0 Å². The van der Waals surface area contributed by atoms with E-state index >= 15 is 0 Å². The molecule has 4 N–H and O–H groups in total. The second-order valence-electron chi connectivity index (χ2n) is 7.36. The fourth-order valence-corrected chi connectivity index (χ4v) is 10.4. The predicted molar refractivity (Wildman–Crippen MR) is 88.9 cm³/mol. The molecule has 0 radical (unpaired) electrons. The molecule has 0 atom stereocenters. The molecule has 0 aliphatic carbocycles. The van der Waals surface area contributed by atoms with Crippen LogP contribution in [0, 0.1) is 23.7 Å². The zero-order valence-corrected chi connectivity index (χ0v) is 16.6. The molecule has 0 heterocycles. The largest absolute Gasteiger partial charge is 0.333 e. The molecule has 0 aliphatic rings. The molecule has 6 nitrogen and oxygen atoms in total. The summed E-state index contributed by atoms with van der Waals surface area (Å²) in [5, 5.41) is -3.64. The van der Waals surface area contributed by atoms with Crippen molar-refractivity contribution in [3.8, 4) is 0 Å². The van der Waals surface area contributed by atoms with E-state index < -0.39 is 49.2 Å². The highest BCUT2D eigenvalue weighted by atomic mass is 31.2. The molecule has 0 spiro atoms. The average molecular weight is 358 g/mol. The summed E-state index contributed by atoms with van der Waals surface area (Å²) >= 11 is 0. The van der Waals surface area contributed by atoms with Gasteiger partial charge in [-0.3, -0.25) is 9.13 Å². The molecule has 0 rings (SSSR count). The van der Waals surface area contributed by atoms with Crippen molar-refractivity contribution in [1.82, 2.24) is 0 Å². The van der Waals surface area contributed by atoms with Gasteiger partial charge >= 0.3 is 15.2 Å². The Morgan fingerprint density at radius 2 is 0.682 bits per heavy atom. The fraction of sp³-hybridized carbons (Fsp3) is 1.00. The van der Waals surface area contributed by atoms with Crippen molar-refractivity contribution in [3.63, 3.8) is 0 Å². The van der Waals surface area contributed by atoms with Gasteiger partial charge in [-0.25, -0.2) is 0 Å². The van der Waals surface area contributed by atoms with E-state index in [0.29, 0.717) is 0 Å². The van der Waals surface area contributed by atoms with Crippen LogP contribution in [-0.4, -0.2) is 29.9 Å². The van der Waals surface area contributed by atoms with Crippen LogP contribution in [0.4, 0.5) is 0 Å². The van der Waals surface area contributed by atoms with Crippen molar-refractivity contribution in [1.29, 1.82) is 0 Å². The Balaban J connectivity index is 7.29. The first-order chi connectivity index (χ1) is 9.52. The van der Waals surface area contributed by atoms with Gasteiger partial charge < -0.3 is 19.6 Å². The van der Waals surface area contributed by atoms with Crippen LogP contribution in [0.3, 0.4) is 0 Å². The van der Waals surface area contributed by atoms with E-state index in [-0.39, 0.29) is 0 Å². The van der Waals surface area contributed by atoms with Crippen molar-refractivity contribution in [2.45, 2.75) is 65.7 Å². The average Bonchev–Trinajstić information content (AvgIpc) is 2.18. The molecule has 0 fully saturated rings. The van der Waals surface area contributed by atoms with E-state index in [1.54, 1.807) is 55.4 Å². The molecule has 0 aromatic carbocycles. The molecule has 134 valence electrons. The fourth-order valence-electron chi connectivity index (χ4n) is 5.00. The van der Waals surface area contributed by atoms with Crippen molar-refractivity contribution >= 4 is 15.2 Å². The molecule has 0 saturated heterocycles. The highest BCUT2D eigenvalue weighted by Gasteiger charge is 2.73. The maximum atomic E-state index is 12.6. The van der Waals surface area contributed by atoms with Crippen molar-refractivity contribution in [2.24, 2.45) is 23.7 Å². The molecule has 0 unspecified atom stereocenters. The second kappa shape index (κ2) is 6.66. The van der Waals surface area contributed by atoms with Gasteiger partial charge in [0.05, 0.1) is 10.3 Å². The molecule has 0 bridgehead atoms. The summed E-state index contributed by atoms with van der Waals surface area (Å²) in [5.74, 6) is -2.42. The van der Waals surface area contributed by atoms with Gasteiger partial charge in [0.1, 0.15) is 0 Å². The summed E-state index contributed by atoms with van der Waals surface area (Å²) < 4.78 is 25.2. The summed E-state index contributed by atoms with van der Waals surface area (Å²) in [6, 6.07) is 0. The van der Waals surface area contributed by atoms with Gasteiger partial charge in [-0.1, -0.05) is 55.4 Å². The molecular weight excluding hydrogens is 326 g/mol. The van der Waals surface area contributed by atoms with Gasteiger partial charge in [0.25, 0.3) is 0 Å². The van der Waals surface area contributed by atoms with Gasteiger partial charge in [-0.05, 0) is 23.7 Å². The Morgan fingerprint density at radius 1 is 0.545 bits per heavy atom. The monoisotopic (exact) mass is 358 g/mol. The van der Waals surface area contributed by atoms with Gasteiger partial charge in [0, 0.05) is 0 Å². The number of hydrogen-bond donors (Lipinski definition) is 4. The van der Waals surface area contributed by atoms with E-state index in [2.05, 4.69) is 0 Å². The Labute approximate surface area is 134 Å². The van der Waals surface area contributed by atoms with Crippen molar-refractivity contribution in [3.05, 3.63) is 0 Å². The summed E-state index contributed by atoms with van der Waals surface area (Å²) in [5.41, 5.74) is 0. The van der Waals surface area contributed by atoms with Gasteiger partial charge in [0.15, 0.2) is 0 Å². The topological polar surface area (TPSA) is 115 Å². The lowest BCUT2D eigenvalue weighted by Gasteiger charge is -2.59. The quantitative estimate of drug-likeness (QED) is 0.518. The molecule has 0 saturated carbocycles.